The molecule has 0 amide bonds. The Morgan fingerprint density at radius 1 is 0.588 bits per heavy atom. The Balaban J connectivity index is 1.13. The summed E-state index contributed by atoms with van der Waals surface area (Å²) in [6.45, 7) is 7.38. The van der Waals surface area contributed by atoms with E-state index in [1.807, 2.05) is 0 Å². The van der Waals surface area contributed by atoms with Crippen LogP contribution in [-0.2, 0) is 6.42 Å². The van der Waals surface area contributed by atoms with Crippen LogP contribution in [0, 0.1) is 0 Å². The van der Waals surface area contributed by atoms with E-state index in [0.717, 1.165) is 35.7 Å². The number of rotatable bonds is 13. The van der Waals surface area contributed by atoms with E-state index in [0.29, 0.717) is 6.71 Å². The zero-order valence-electron chi connectivity index (χ0n) is 39.4. The first-order valence-electron chi connectivity index (χ1n) is 24.7. The minimum atomic E-state index is 0.0192. The maximum atomic E-state index is 5.67. The van der Waals surface area contributed by atoms with Crippen molar-refractivity contribution in [1.29, 1.82) is 0 Å². The molecule has 0 heterocycles. The van der Waals surface area contributed by atoms with Crippen molar-refractivity contribution in [3.8, 4) is 28.0 Å². The maximum absolute atomic E-state index is 5.67. The van der Waals surface area contributed by atoms with E-state index in [4.69, 9.17) is 4.74 Å². The fourth-order valence-electron chi connectivity index (χ4n) is 11.9. The molecule has 0 aromatic heterocycles. The van der Waals surface area contributed by atoms with Crippen LogP contribution in [0.15, 0.2) is 182 Å². The van der Waals surface area contributed by atoms with Crippen molar-refractivity contribution in [2.75, 3.05) is 17.3 Å². The molecule has 0 spiro atoms. The Hall–Kier alpha value is -7.56. The normalized spacial score (nSPS) is 15.0. The fraction of sp³-hybridized carbons (Fsp3) is 0.156. The lowest BCUT2D eigenvalue weighted by Gasteiger charge is -2.39. The van der Waals surface area contributed by atoms with Crippen molar-refractivity contribution in [2.45, 2.75) is 58.2 Å². The molecule has 2 aliphatic carbocycles. The molecule has 0 fully saturated rings. The van der Waals surface area contributed by atoms with Crippen molar-refractivity contribution in [1.82, 2.24) is 0 Å². The van der Waals surface area contributed by atoms with Gasteiger partial charge in [-0.05, 0) is 143 Å². The van der Waals surface area contributed by atoms with Crippen molar-refractivity contribution in [2.24, 2.45) is 0 Å². The van der Waals surface area contributed by atoms with Crippen LogP contribution in [0.25, 0.3) is 77.5 Å². The summed E-state index contributed by atoms with van der Waals surface area (Å²) in [7, 11) is 1.74. The number of hydrogen-bond acceptors (Lipinski definition) is 3. The second-order valence-corrected chi connectivity index (χ2v) is 19.0. The Morgan fingerprint density at radius 2 is 1.24 bits per heavy atom. The SMILES string of the molecule is CCCB(C)c1ccc(N(c2ccc(OC)cc2)C2C=Cc3c4c(c5c(-c6ccccc6)c6c7cccc8c(Nc9ccc(CCC)cc9)ccc(c6c(-c6ccccc6)c35)c87)=CC=CC42)cc1. The molecule has 10 aromatic carbocycles. The molecule has 2 atom stereocenters. The third-order valence-electron chi connectivity index (χ3n) is 14.9. The lowest BCUT2D eigenvalue weighted by atomic mass is 9.44. The van der Waals surface area contributed by atoms with Crippen LogP contribution in [0.5, 0.6) is 5.75 Å². The summed E-state index contributed by atoms with van der Waals surface area (Å²) in [5.41, 5.74) is 15.1. The summed E-state index contributed by atoms with van der Waals surface area (Å²) in [6.07, 6.45) is 16.7. The summed E-state index contributed by atoms with van der Waals surface area (Å²) in [6, 6.07) is 60.9. The zero-order valence-corrected chi connectivity index (χ0v) is 39.4. The van der Waals surface area contributed by atoms with Gasteiger partial charge in [-0.15, -0.1) is 0 Å². The number of allylic oxidation sites excluding steroid dienone is 1. The van der Waals surface area contributed by atoms with Gasteiger partial charge in [-0.2, -0.15) is 0 Å². The molecule has 68 heavy (non-hydrogen) atoms. The first kappa shape index (κ1) is 41.8. The summed E-state index contributed by atoms with van der Waals surface area (Å²) in [4.78, 5) is 2.55. The van der Waals surface area contributed by atoms with E-state index >= 15 is 0 Å². The van der Waals surface area contributed by atoms with Crippen molar-refractivity contribution < 1.29 is 4.74 Å². The van der Waals surface area contributed by atoms with Gasteiger partial charge in [0.05, 0.1) is 13.2 Å². The Labute approximate surface area is 400 Å². The van der Waals surface area contributed by atoms with Gasteiger partial charge in [-0.25, -0.2) is 0 Å². The van der Waals surface area contributed by atoms with Crippen LogP contribution in [0.3, 0.4) is 0 Å². The maximum Gasteiger partial charge on any atom is 0.172 e. The number of ether oxygens (including phenoxy) is 1. The lowest BCUT2D eigenvalue weighted by Crippen LogP contribution is -2.38. The molecule has 10 aromatic rings. The van der Waals surface area contributed by atoms with Crippen LogP contribution in [-0.4, -0.2) is 19.9 Å². The zero-order chi connectivity index (χ0) is 45.9. The molecular weight excluding hydrogens is 824 g/mol. The van der Waals surface area contributed by atoms with Crippen molar-refractivity contribution in [3.63, 3.8) is 0 Å². The number of benzene rings is 8. The van der Waals surface area contributed by atoms with Gasteiger partial charge in [0.25, 0.3) is 0 Å². The fourth-order valence-corrected chi connectivity index (χ4v) is 11.9. The van der Waals surface area contributed by atoms with Gasteiger partial charge in [-0.1, -0.05) is 185 Å². The Bertz CT molecular complexity index is 3600. The largest absolute Gasteiger partial charge is 0.497 e. The monoisotopic (exact) mass is 878 g/mol. The minimum absolute atomic E-state index is 0.0192. The first-order valence-corrected chi connectivity index (χ1v) is 24.7. The first-order chi connectivity index (χ1) is 33.5. The van der Waals surface area contributed by atoms with E-state index in [2.05, 4.69) is 225 Å². The molecule has 4 heteroatoms. The third-order valence-corrected chi connectivity index (χ3v) is 14.9. The van der Waals surface area contributed by atoms with Crippen LogP contribution < -0.4 is 25.6 Å². The minimum Gasteiger partial charge on any atom is -0.497 e. The summed E-state index contributed by atoms with van der Waals surface area (Å²) < 4.78 is 5.67. The summed E-state index contributed by atoms with van der Waals surface area (Å²) in [5.74, 6) is 0.943. The molecule has 2 aliphatic rings. The van der Waals surface area contributed by atoms with E-state index in [1.54, 1.807) is 7.11 Å². The molecule has 0 bridgehead atoms. The second kappa shape index (κ2) is 17.3. The van der Waals surface area contributed by atoms with E-state index < -0.39 is 0 Å². The van der Waals surface area contributed by atoms with Crippen LogP contribution >= 0.6 is 0 Å². The molecule has 3 nitrogen and oxygen atoms in total. The third kappa shape index (κ3) is 6.80. The highest BCUT2D eigenvalue weighted by molar-refractivity contribution is 6.72. The van der Waals surface area contributed by atoms with Gasteiger partial charge in [0, 0.05) is 34.1 Å². The average molecular weight is 879 g/mol. The van der Waals surface area contributed by atoms with Gasteiger partial charge in [-0.3, -0.25) is 0 Å². The summed E-state index contributed by atoms with van der Waals surface area (Å²) >= 11 is 0. The van der Waals surface area contributed by atoms with Gasteiger partial charge >= 0.3 is 0 Å². The number of aryl methyl sites for hydroxylation is 1. The lowest BCUT2D eigenvalue weighted by molar-refractivity contribution is 0.415. The molecule has 0 aliphatic heterocycles. The highest BCUT2D eigenvalue weighted by Crippen LogP contribution is 2.55. The van der Waals surface area contributed by atoms with E-state index in [1.165, 1.54) is 111 Å². The molecule has 1 N–H and O–H groups in total. The smallest absolute Gasteiger partial charge is 0.172 e. The quantitative estimate of drug-likeness (QED) is 0.117. The molecule has 0 saturated carbocycles. The van der Waals surface area contributed by atoms with Gasteiger partial charge in [0.2, 0.25) is 0 Å². The highest BCUT2D eigenvalue weighted by Gasteiger charge is 2.37. The number of anilines is 4. The number of fused-ring (bicyclic) bond motifs is 6. The van der Waals surface area contributed by atoms with E-state index in [-0.39, 0.29) is 12.0 Å². The molecular formula is C64H55BN2O. The molecule has 0 saturated heterocycles. The van der Waals surface area contributed by atoms with Crippen LogP contribution in [0.1, 0.15) is 49.3 Å². The average Bonchev–Trinajstić information content (AvgIpc) is 3.90. The molecule has 0 radical (unpaired) electrons. The molecule has 2 unspecified atom stereocenters. The predicted molar refractivity (Wildman–Crippen MR) is 295 cm³/mol. The van der Waals surface area contributed by atoms with Crippen molar-refractivity contribution in [3.05, 3.63) is 204 Å². The number of hydrogen-bond donors (Lipinski definition) is 1. The molecule has 12 rings (SSSR count). The second-order valence-electron chi connectivity index (χ2n) is 19.0. The van der Waals surface area contributed by atoms with Crippen LogP contribution in [0.4, 0.5) is 22.7 Å². The van der Waals surface area contributed by atoms with Crippen LogP contribution in [0.2, 0.25) is 13.1 Å². The summed E-state index contributed by atoms with van der Waals surface area (Å²) in [5, 5.41) is 15.6. The van der Waals surface area contributed by atoms with Gasteiger partial charge < -0.3 is 15.0 Å². The standard InChI is InChI=1S/C64H55BN2O/c1-5-15-41-24-28-45(29-25-41)66-55-38-36-53-59-49(55)20-13-22-51(59)61-57(42-16-9-7-10-17-42)62-52-23-14-21-50-56(39-37-54(60(50)52)64(62)58(63(53)61)43-18-11-8-12-19-43)67(47-32-34-48(68-4)35-33-47)46-30-26-44(27-31-46)65(3)40-6-2/h7-14,16-39,50,56,66H,5-6,15,40H2,1-4H3. The van der Waals surface area contributed by atoms with E-state index in [9.17, 15) is 0 Å². The number of methoxy groups -OCH3 is 1. The van der Waals surface area contributed by atoms with Gasteiger partial charge in [0.1, 0.15) is 5.75 Å². The number of nitrogens with zero attached hydrogens (tertiary/aromatic N) is 1. The van der Waals surface area contributed by atoms with Crippen molar-refractivity contribution >= 4 is 90.2 Å². The topological polar surface area (TPSA) is 24.5 Å². The number of nitrogens with one attached hydrogen (secondary N) is 1. The predicted octanol–water partition coefficient (Wildman–Crippen LogP) is 15.9. The Kier molecular flexibility index (Phi) is 10.6. The van der Waals surface area contributed by atoms with Gasteiger partial charge in [0.15, 0.2) is 6.71 Å². The highest BCUT2D eigenvalue weighted by atomic mass is 16.5. The molecule has 330 valence electrons. The Morgan fingerprint density at radius 3 is 1.90 bits per heavy atom.